The third-order valence-corrected chi connectivity index (χ3v) is 9.05. The lowest BCUT2D eigenvalue weighted by Gasteiger charge is -2.35. The summed E-state index contributed by atoms with van der Waals surface area (Å²) in [5.41, 5.74) is 10.8. The van der Waals surface area contributed by atoms with Crippen molar-refractivity contribution in [1.82, 2.24) is 5.48 Å². The first-order valence-electron chi connectivity index (χ1n) is 13.8. The fraction of sp³-hybridized carbons (Fsp3) is 0.139. The van der Waals surface area contributed by atoms with Gasteiger partial charge in [0, 0.05) is 11.7 Å². The lowest BCUT2D eigenvalue weighted by atomic mass is 9.84. The van der Waals surface area contributed by atoms with Gasteiger partial charge < -0.3 is 4.74 Å². The molecule has 0 unspecified atom stereocenters. The number of ether oxygens (including phenoxy) is 1. The third-order valence-electron chi connectivity index (χ3n) is 7.54. The molecule has 0 spiro atoms. The van der Waals surface area contributed by atoms with Crippen LogP contribution in [0.5, 0.6) is 0 Å². The highest BCUT2D eigenvalue weighted by Crippen LogP contribution is 2.48. The van der Waals surface area contributed by atoms with E-state index in [4.69, 9.17) is 9.57 Å². The van der Waals surface area contributed by atoms with Crippen LogP contribution in [0.4, 0.5) is 4.79 Å². The van der Waals surface area contributed by atoms with Gasteiger partial charge in [-0.05, 0) is 38.9 Å². The highest BCUT2D eigenvalue weighted by atomic mass is 32.2. The minimum atomic E-state index is -0.586. The summed E-state index contributed by atoms with van der Waals surface area (Å²) in [6.45, 7) is 0.570. The molecule has 5 heteroatoms. The molecule has 0 aromatic heterocycles. The van der Waals surface area contributed by atoms with Crippen LogP contribution in [0, 0.1) is 0 Å². The Kier molecular flexibility index (Phi) is 8.17. The summed E-state index contributed by atoms with van der Waals surface area (Å²) in [6, 6.07) is 48.2. The summed E-state index contributed by atoms with van der Waals surface area (Å²) >= 11 is 1.78. The van der Waals surface area contributed by atoms with Crippen molar-refractivity contribution in [3.05, 3.63) is 167 Å². The summed E-state index contributed by atoms with van der Waals surface area (Å²) < 4.78 is 5.18. The van der Waals surface area contributed by atoms with Crippen LogP contribution < -0.4 is 5.48 Å². The second kappa shape index (κ2) is 12.5. The molecule has 204 valence electrons. The van der Waals surface area contributed by atoms with E-state index in [1.54, 1.807) is 11.8 Å². The Hall–Kier alpha value is -4.32. The van der Waals surface area contributed by atoms with E-state index >= 15 is 0 Å². The monoisotopic (exact) mass is 557 g/mol. The van der Waals surface area contributed by atoms with E-state index < -0.39 is 10.8 Å². The molecular formula is C36H31NO3S. The van der Waals surface area contributed by atoms with Crippen LogP contribution in [0.3, 0.4) is 0 Å². The average molecular weight is 558 g/mol. The summed E-state index contributed by atoms with van der Waals surface area (Å²) in [5, 5.41) is 0. The Morgan fingerprint density at radius 3 is 1.56 bits per heavy atom. The van der Waals surface area contributed by atoms with Gasteiger partial charge in [0.2, 0.25) is 0 Å². The van der Waals surface area contributed by atoms with Crippen molar-refractivity contribution in [3.8, 4) is 11.1 Å². The van der Waals surface area contributed by atoms with Crippen LogP contribution in [-0.4, -0.2) is 25.1 Å². The number of benzene rings is 5. The first-order chi connectivity index (χ1) is 20.3. The molecule has 5 aromatic carbocycles. The Morgan fingerprint density at radius 1 is 0.634 bits per heavy atom. The second-order valence-corrected chi connectivity index (χ2v) is 11.2. The number of nitrogens with one attached hydrogen (secondary N) is 1. The maximum atomic E-state index is 12.6. The van der Waals surface area contributed by atoms with E-state index in [1.165, 1.54) is 38.9 Å². The number of fused-ring (bicyclic) bond motifs is 3. The van der Waals surface area contributed by atoms with Crippen LogP contribution >= 0.6 is 11.8 Å². The fourth-order valence-corrected chi connectivity index (χ4v) is 7.12. The van der Waals surface area contributed by atoms with Crippen LogP contribution in [0.15, 0.2) is 140 Å². The number of hydrogen-bond acceptors (Lipinski definition) is 4. The molecule has 0 fully saturated rings. The van der Waals surface area contributed by atoms with Crippen molar-refractivity contribution in [2.45, 2.75) is 10.7 Å². The molecule has 5 aromatic rings. The molecule has 6 rings (SSSR count). The van der Waals surface area contributed by atoms with Gasteiger partial charge in [0.25, 0.3) is 0 Å². The smallest absolute Gasteiger partial charge is 0.431 e. The Bertz CT molecular complexity index is 1450. The van der Waals surface area contributed by atoms with Gasteiger partial charge in [-0.3, -0.25) is 4.84 Å². The second-order valence-electron chi connectivity index (χ2n) is 9.90. The van der Waals surface area contributed by atoms with Gasteiger partial charge in [0.05, 0.1) is 11.4 Å². The van der Waals surface area contributed by atoms with Gasteiger partial charge in [-0.1, -0.05) is 140 Å². The molecule has 0 aliphatic heterocycles. The molecule has 4 nitrogen and oxygen atoms in total. The number of carbonyl (C=O) groups excluding carboxylic acids is 1. The molecule has 0 bridgehead atoms. The Balaban J connectivity index is 1.10. The number of rotatable bonds is 10. The molecule has 1 aliphatic carbocycles. The zero-order chi connectivity index (χ0) is 27.9. The standard InChI is InChI=1S/C36H31NO3S/c38-35(39-26-34-32-22-12-10-20-30(32)31-21-11-13-23-33(31)34)37-40-24-25-41-36(27-14-4-1-5-15-27,28-16-6-2-7-17-28)29-18-8-3-9-19-29/h1-23,34H,24-26H2,(H,37,38). The SMILES string of the molecule is O=C(NOCCSC(c1ccccc1)(c1ccccc1)c1ccccc1)OCC1c2ccccc2-c2ccccc21. The summed E-state index contributed by atoms with van der Waals surface area (Å²) in [5.74, 6) is 0.648. The minimum absolute atomic E-state index is 0.00643. The summed E-state index contributed by atoms with van der Waals surface area (Å²) in [4.78, 5) is 18.2. The predicted molar refractivity (Wildman–Crippen MR) is 166 cm³/mol. The first-order valence-corrected chi connectivity index (χ1v) is 14.8. The van der Waals surface area contributed by atoms with Crippen molar-refractivity contribution < 1.29 is 14.4 Å². The molecule has 0 atom stereocenters. The minimum Gasteiger partial charge on any atom is -0.447 e. The highest BCUT2D eigenvalue weighted by Gasteiger charge is 2.36. The maximum absolute atomic E-state index is 12.6. The Labute approximate surface area is 245 Å². The van der Waals surface area contributed by atoms with Crippen LogP contribution in [0.1, 0.15) is 33.7 Å². The van der Waals surface area contributed by atoms with Gasteiger partial charge in [0.15, 0.2) is 0 Å². The van der Waals surface area contributed by atoms with Crippen molar-refractivity contribution in [3.63, 3.8) is 0 Å². The Morgan fingerprint density at radius 2 is 1.07 bits per heavy atom. The van der Waals surface area contributed by atoms with E-state index in [-0.39, 0.29) is 12.5 Å². The van der Waals surface area contributed by atoms with Crippen molar-refractivity contribution in [2.75, 3.05) is 19.0 Å². The number of carbonyl (C=O) groups is 1. The third kappa shape index (κ3) is 5.51. The molecule has 0 saturated carbocycles. The number of hydroxylamine groups is 1. The molecular weight excluding hydrogens is 526 g/mol. The zero-order valence-corrected chi connectivity index (χ0v) is 23.4. The largest absolute Gasteiger partial charge is 0.447 e. The maximum Gasteiger partial charge on any atom is 0.431 e. The van der Waals surface area contributed by atoms with E-state index in [0.717, 1.165) is 0 Å². The van der Waals surface area contributed by atoms with E-state index in [2.05, 4.69) is 103 Å². The number of amides is 1. The molecule has 1 N–H and O–H groups in total. The van der Waals surface area contributed by atoms with E-state index in [9.17, 15) is 4.79 Å². The highest BCUT2D eigenvalue weighted by molar-refractivity contribution is 8.00. The summed E-state index contributed by atoms with van der Waals surface area (Å²) in [6.07, 6.45) is -0.586. The van der Waals surface area contributed by atoms with Crippen molar-refractivity contribution in [1.29, 1.82) is 0 Å². The van der Waals surface area contributed by atoms with Gasteiger partial charge in [-0.25, -0.2) is 4.79 Å². The van der Waals surface area contributed by atoms with Gasteiger partial charge >= 0.3 is 6.09 Å². The lowest BCUT2D eigenvalue weighted by molar-refractivity contribution is 0.0347. The summed E-state index contributed by atoms with van der Waals surface area (Å²) in [7, 11) is 0. The van der Waals surface area contributed by atoms with Crippen LogP contribution in [0.25, 0.3) is 11.1 Å². The van der Waals surface area contributed by atoms with Crippen LogP contribution in [-0.2, 0) is 14.3 Å². The molecule has 0 saturated heterocycles. The molecule has 1 aliphatic rings. The average Bonchev–Trinajstić information content (AvgIpc) is 3.37. The van der Waals surface area contributed by atoms with Crippen molar-refractivity contribution >= 4 is 17.9 Å². The van der Waals surface area contributed by atoms with Crippen molar-refractivity contribution in [2.24, 2.45) is 0 Å². The van der Waals surface area contributed by atoms with Gasteiger partial charge in [-0.15, -0.1) is 11.8 Å². The topological polar surface area (TPSA) is 47.6 Å². The zero-order valence-electron chi connectivity index (χ0n) is 22.6. The molecule has 41 heavy (non-hydrogen) atoms. The normalized spacial score (nSPS) is 12.4. The molecule has 0 radical (unpaired) electrons. The quantitative estimate of drug-likeness (QED) is 0.107. The predicted octanol–water partition coefficient (Wildman–Crippen LogP) is 8.18. The fourth-order valence-electron chi connectivity index (χ4n) is 5.74. The van der Waals surface area contributed by atoms with Crippen LogP contribution in [0.2, 0.25) is 0 Å². The van der Waals surface area contributed by atoms with E-state index in [0.29, 0.717) is 12.4 Å². The number of hydrogen-bond donors (Lipinski definition) is 1. The number of thioether (sulfide) groups is 1. The van der Waals surface area contributed by atoms with Gasteiger partial charge in [-0.2, -0.15) is 5.48 Å². The van der Waals surface area contributed by atoms with Gasteiger partial charge in [0.1, 0.15) is 6.61 Å². The van der Waals surface area contributed by atoms with E-state index in [1.807, 2.05) is 42.5 Å². The molecule has 0 heterocycles. The lowest BCUT2D eigenvalue weighted by Crippen LogP contribution is -2.29. The molecule has 1 amide bonds. The first kappa shape index (κ1) is 26.9.